The van der Waals surface area contributed by atoms with Crippen LogP contribution < -0.4 is 15.0 Å². The predicted octanol–water partition coefficient (Wildman–Crippen LogP) is 4.91. The maximum absolute atomic E-state index is 13.2. The van der Waals surface area contributed by atoms with E-state index in [4.69, 9.17) is 9.73 Å². The van der Waals surface area contributed by atoms with E-state index in [-0.39, 0.29) is 24.8 Å². The highest BCUT2D eigenvalue weighted by Crippen LogP contribution is 2.33. The minimum atomic E-state index is -0.265. The molecular formula is C25H23N3O3S. The zero-order chi connectivity index (χ0) is 22.5. The number of nitrogens with one attached hydrogen (secondary N) is 1. The van der Waals surface area contributed by atoms with Crippen LogP contribution in [-0.4, -0.2) is 37.4 Å². The van der Waals surface area contributed by atoms with E-state index in [0.29, 0.717) is 22.8 Å². The van der Waals surface area contributed by atoms with Crippen molar-refractivity contribution in [1.29, 1.82) is 0 Å². The van der Waals surface area contributed by atoms with Crippen LogP contribution in [0.1, 0.15) is 12.0 Å². The smallest absolute Gasteiger partial charge is 0.244 e. The molecule has 0 bridgehead atoms. The van der Waals surface area contributed by atoms with Crippen molar-refractivity contribution in [3.8, 4) is 5.75 Å². The van der Waals surface area contributed by atoms with E-state index in [9.17, 15) is 9.59 Å². The van der Waals surface area contributed by atoms with Crippen molar-refractivity contribution < 1.29 is 14.3 Å². The van der Waals surface area contributed by atoms with Gasteiger partial charge in [0.2, 0.25) is 11.8 Å². The molecule has 0 aliphatic carbocycles. The molecule has 0 spiro atoms. The Balaban J connectivity index is 1.58. The largest absolute Gasteiger partial charge is 0.497 e. The lowest BCUT2D eigenvalue weighted by Crippen LogP contribution is -2.38. The highest BCUT2D eigenvalue weighted by molar-refractivity contribution is 7.98. The summed E-state index contributed by atoms with van der Waals surface area (Å²) in [4.78, 5) is 33.3. The Labute approximate surface area is 191 Å². The second-order valence-electron chi connectivity index (χ2n) is 7.21. The Bertz CT molecular complexity index is 1180. The van der Waals surface area contributed by atoms with Gasteiger partial charge in [0, 0.05) is 10.6 Å². The standard InChI is InChI=1S/C25H23N3O3S/c1-31-19-12-10-17(11-13-19)22-15-25(30)28(23-9-4-3-8-21(23)27-22)16-24(29)26-18-6-5-7-20(14-18)32-2/h3-14H,15-16H2,1-2H3,(H,26,29). The van der Waals surface area contributed by atoms with E-state index in [2.05, 4.69) is 5.32 Å². The molecule has 0 fully saturated rings. The van der Waals surface area contributed by atoms with Crippen LogP contribution in [0.15, 0.2) is 82.7 Å². The fourth-order valence-electron chi connectivity index (χ4n) is 3.51. The molecule has 0 unspecified atom stereocenters. The first-order valence-corrected chi connectivity index (χ1v) is 11.3. The van der Waals surface area contributed by atoms with E-state index in [0.717, 1.165) is 16.2 Å². The fourth-order valence-corrected chi connectivity index (χ4v) is 3.97. The first kappa shape index (κ1) is 21.6. The highest BCUT2D eigenvalue weighted by atomic mass is 32.2. The molecule has 0 saturated heterocycles. The number of methoxy groups -OCH3 is 1. The number of thioether (sulfide) groups is 1. The van der Waals surface area contributed by atoms with E-state index in [1.54, 1.807) is 18.9 Å². The van der Waals surface area contributed by atoms with E-state index >= 15 is 0 Å². The number of benzene rings is 3. The maximum atomic E-state index is 13.2. The van der Waals surface area contributed by atoms with Gasteiger partial charge < -0.3 is 15.0 Å². The van der Waals surface area contributed by atoms with Gasteiger partial charge in [-0.05, 0) is 66.4 Å². The van der Waals surface area contributed by atoms with Crippen LogP contribution in [0.5, 0.6) is 5.75 Å². The Hall–Kier alpha value is -3.58. The molecule has 32 heavy (non-hydrogen) atoms. The zero-order valence-electron chi connectivity index (χ0n) is 17.9. The number of fused-ring (bicyclic) bond motifs is 1. The van der Waals surface area contributed by atoms with Gasteiger partial charge in [-0.2, -0.15) is 0 Å². The number of rotatable bonds is 6. The second-order valence-corrected chi connectivity index (χ2v) is 8.09. The third-order valence-corrected chi connectivity index (χ3v) is 5.85. The summed E-state index contributed by atoms with van der Waals surface area (Å²) in [5.41, 5.74) is 3.47. The molecule has 1 aliphatic heterocycles. The summed E-state index contributed by atoms with van der Waals surface area (Å²) in [5.74, 6) is 0.287. The van der Waals surface area contributed by atoms with Crippen molar-refractivity contribution in [3.05, 3.63) is 78.4 Å². The Morgan fingerprint density at radius 2 is 1.88 bits per heavy atom. The zero-order valence-corrected chi connectivity index (χ0v) is 18.7. The van der Waals surface area contributed by atoms with E-state index < -0.39 is 0 Å². The molecule has 0 atom stereocenters. The molecule has 2 amide bonds. The van der Waals surface area contributed by atoms with Crippen LogP contribution in [0.4, 0.5) is 17.1 Å². The van der Waals surface area contributed by atoms with Crippen molar-refractivity contribution in [3.63, 3.8) is 0 Å². The summed E-state index contributed by atoms with van der Waals surface area (Å²) in [5, 5.41) is 2.89. The number of anilines is 2. The van der Waals surface area contributed by atoms with Gasteiger partial charge in [0.05, 0.1) is 30.6 Å². The maximum Gasteiger partial charge on any atom is 0.244 e. The third-order valence-electron chi connectivity index (χ3n) is 5.13. The van der Waals surface area contributed by atoms with Crippen molar-refractivity contribution in [1.82, 2.24) is 0 Å². The molecular weight excluding hydrogens is 422 g/mol. The van der Waals surface area contributed by atoms with Crippen LogP contribution in [0.2, 0.25) is 0 Å². The van der Waals surface area contributed by atoms with Gasteiger partial charge in [-0.1, -0.05) is 18.2 Å². The number of carbonyl (C=O) groups is 2. The molecule has 0 saturated carbocycles. The van der Waals surface area contributed by atoms with Crippen LogP contribution >= 0.6 is 11.8 Å². The molecule has 1 heterocycles. The van der Waals surface area contributed by atoms with Gasteiger partial charge in [-0.3, -0.25) is 14.6 Å². The summed E-state index contributed by atoms with van der Waals surface area (Å²) in [6.07, 6.45) is 2.07. The van der Waals surface area contributed by atoms with E-state index in [1.807, 2.05) is 79.1 Å². The van der Waals surface area contributed by atoms with Crippen molar-refractivity contribution in [2.75, 3.05) is 30.1 Å². The van der Waals surface area contributed by atoms with Gasteiger partial charge in [0.1, 0.15) is 12.3 Å². The molecule has 4 rings (SSSR count). The number of hydrogen-bond acceptors (Lipinski definition) is 5. The molecule has 162 valence electrons. The quantitative estimate of drug-likeness (QED) is 0.547. The Morgan fingerprint density at radius 3 is 2.62 bits per heavy atom. The van der Waals surface area contributed by atoms with Crippen molar-refractivity contribution in [2.45, 2.75) is 11.3 Å². The molecule has 1 N–H and O–H groups in total. The first-order valence-electron chi connectivity index (χ1n) is 10.1. The predicted molar refractivity (Wildman–Crippen MR) is 129 cm³/mol. The Morgan fingerprint density at radius 1 is 1.09 bits per heavy atom. The first-order chi connectivity index (χ1) is 15.6. The number of hydrogen-bond donors (Lipinski definition) is 1. The van der Waals surface area contributed by atoms with Crippen LogP contribution in [-0.2, 0) is 9.59 Å². The molecule has 7 heteroatoms. The summed E-state index contributed by atoms with van der Waals surface area (Å²) in [6, 6.07) is 22.4. The summed E-state index contributed by atoms with van der Waals surface area (Å²) >= 11 is 1.60. The number of carbonyl (C=O) groups excluding carboxylic acids is 2. The fraction of sp³-hybridized carbons (Fsp3) is 0.160. The van der Waals surface area contributed by atoms with Gasteiger partial charge in [0.25, 0.3) is 0 Å². The number of para-hydroxylation sites is 2. The second kappa shape index (κ2) is 9.70. The number of amides is 2. The van der Waals surface area contributed by atoms with Crippen LogP contribution in [0.25, 0.3) is 0 Å². The van der Waals surface area contributed by atoms with Crippen LogP contribution in [0.3, 0.4) is 0 Å². The van der Waals surface area contributed by atoms with E-state index in [1.165, 1.54) is 4.90 Å². The van der Waals surface area contributed by atoms with Crippen molar-refractivity contribution >= 4 is 46.4 Å². The molecule has 3 aromatic carbocycles. The highest BCUT2D eigenvalue weighted by Gasteiger charge is 2.26. The molecule has 1 aliphatic rings. The van der Waals surface area contributed by atoms with Gasteiger partial charge in [-0.25, -0.2) is 0 Å². The monoisotopic (exact) mass is 445 g/mol. The summed E-state index contributed by atoms with van der Waals surface area (Å²) < 4.78 is 5.22. The molecule has 0 radical (unpaired) electrons. The van der Waals surface area contributed by atoms with Gasteiger partial charge in [0.15, 0.2) is 0 Å². The molecule has 6 nitrogen and oxygen atoms in total. The molecule has 3 aromatic rings. The minimum Gasteiger partial charge on any atom is -0.497 e. The lowest BCUT2D eigenvalue weighted by Gasteiger charge is -2.22. The summed E-state index contributed by atoms with van der Waals surface area (Å²) in [6.45, 7) is -0.0925. The Kier molecular flexibility index (Phi) is 6.56. The van der Waals surface area contributed by atoms with Crippen LogP contribution in [0, 0.1) is 0 Å². The topological polar surface area (TPSA) is 71.0 Å². The van der Waals surface area contributed by atoms with Gasteiger partial charge in [-0.15, -0.1) is 11.8 Å². The number of aliphatic imine (C=N–C) groups is 1. The SMILES string of the molecule is COc1ccc(C2=Nc3ccccc3N(CC(=O)Nc3cccc(SC)c3)C(=O)C2)cc1. The lowest BCUT2D eigenvalue weighted by molar-refractivity contribution is -0.120. The number of ether oxygens (including phenoxy) is 1. The summed E-state index contributed by atoms with van der Waals surface area (Å²) in [7, 11) is 1.61. The molecule has 0 aromatic heterocycles. The average Bonchev–Trinajstić information content (AvgIpc) is 2.95. The average molecular weight is 446 g/mol. The third kappa shape index (κ3) is 4.84. The number of nitrogens with zero attached hydrogens (tertiary/aromatic N) is 2. The van der Waals surface area contributed by atoms with Gasteiger partial charge >= 0.3 is 0 Å². The minimum absolute atomic E-state index is 0.0925. The lowest BCUT2D eigenvalue weighted by atomic mass is 10.1. The normalized spacial score (nSPS) is 13.1. The van der Waals surface area contributed by atoms with Crippen molar-refractivity contribution in [2.24, 2.45) is 4.99 Å².